The van der Waals surface area contributed by atoms with Crippen LogP contribution in [0.4, 0.5) is 0 Å². The molecule has 0 spiro atoms. The Hall–Kier alpha value is -1.82. The number of carbonyl (C=O) groups excluding carboxylic acids is 2. The second kappa shape index (κ2) is 7.38. The molecule has 0 radical (unpaired) electrons. The zero-order valence-electron chi connectivity index (χ0n) is 14.5. The van der Waals surface area contributed by atoms with Crippen LogP contribution < -0.4 is 5.32 Å². The Labute approximate surface area is 143 Å². The van der Waals surface area contributed by atoms with Crippen LogP contribution >= 0.6 is 0 Å². The Morgan fingerprint density at radius 3 is 2.75 bits per heavy atom. The average molecular weight is 333 g/mol. The highest BCUT2D eigenvalue weighted by Gasteiger charge is 2.35. The van der Waals surface area contributed by atoms with Gasteiger partial charge in [0.15, 0.2) is 0 Å². The second-order valence-corrected chi connectivity index (χ2v) is 7.17. The van der Waals surface area contributed by atoms with Crippen molar-refractivity contribution in [3.05, 3.63) is 24.2 Å². The van der Waals surface area contributed by atoms with Crippen LogP contribution in [0.2, 0.25) is 0 Å². The molecule has 1 N–H and O–H groups in total. The predicted molar refractivity (Wildman–Crippen MR) is 90.1 cm³/mol. The van der Waals surface area contributed by atoms with Gasteiger partial charge in [0, 0.05) is 38.1 Å². The fourth-order valence-corrected chi connectivity index (χ4v) is 3.57. The zero-order valence-corrected chi connectivity index (χ0v) is 14.5. The highest BCUT2D eigenvalue weighted by atomic mass is 16.3. The molecule has 3 heterocycles. The zero-order chi connectivity index (χ0) is 17.1. The number of nitrogens with zero attached hydrogens (tertiary/aromatic N) is 2. The van der Waals surface area contributed by atoms with Gasteiger partial charge >= 0.3 is 0 Å². The summed E-state index contributed by atoms with van der Waals surface area (Å²) in [4.78, 5) is 28.8. The first-order chi connectivity index (χ1) is 11.5. The molecule has 6 nitrogen and oxygen atoms in total. The van der Waals surface area contributed by atoms with Gasteiger partial charge in [-0.1, -0.05) is 0 Å². The Morgan fingerprint density at radius 2 is 2.12 bits per heavy atom. The maximum Gasteiger partial charge on any atom is 0.225 e. The minimum atomic E-state index is -0.240. The summed E-state index contributed by atoms with van der Waals surface area (Å²) in [6, 6.07) is 4.46. The number of carbonyl (C=O) groups is 2. The number of rotatable bonds is 5. The molecule has 24 heavy (non-hydrogen) atoms. The van der Waals surface area contributed by atoms with Crippen molar-refractivity contribution >= 4 is 11.8 Å². The lowest BCUT2D eigenvalue weighted by atomic mass is 10.0. The molecule has 1 atom stereocenters. The third-order valence-electron chi connectivity index (χ3n) is 5.12. The maximum absolute atomic E-state index is 12.5. The van der Waals surface area contributed by atoms with Crippen molar-refractivity contribution in [2.45, 2.75) is 51.7 Å². The molecule has 0 aromatic carbocycles. The van der Waals surface area contributed by atoms with Gasteiger partial charge in [-0.3, -0.25) is 9.59 Å². The van der Waals surface area contributed by atoms with Crippen molar-refractivity contribution in [3.63, 3.8) is 0 Å². The van der Waals surface area contributed by atoms with Gasteiger partial charge in [0.2, 0.25) is 11.8 Å². The van der Waals surface area contributed by atoms with Gasteiger partial charge < -0.3 is 19.5 Å². The molecule has 1 aromatic heterocycles. The average Bonchev–Trinajstić information content (AvgIpc) is 3.19. The molecule has 0 saturated carbocycles. The summed E-state index contributed by atoms with van der Waals surface area (Å²) >= 11 is 0. The summed E-state index contributed by atoms with van der Waals surface area (Å²) in [5, 5.41) is 3.15. The van der Waals surface area contributed by atoms with Gasteiger partial charge in [-0.2, -0.15) is 0 Å². The van der Waals surface area contributed by atoms with Gasteiger partial charge in [-0.15, -0.1) is 0 Å². The Balaban J connectivity index is 1.47. The Kier molecular flexibility index (Phi) is 5.23. The van der Waals surface area contributed by atoms with Crippen LogP contribution in [0.25, 0.3) is 0 Å². The lowest BCUT2D eigenvalue weighted by molar-refractivity contribution is -0.129. The number of furan rings is 1. The van der Waals surface area contributed by atoms with E-state index in [9.17, 15) is 9.59 Å². The van der Waals surface area contributed by atoms with E-state index in [1.165, 1.54) is 0 Å². The summed E-state index contributed by atoms with van der Waals surface area (Å²) in [6.45, 7) is 7.39. The van der Waals surface area contributed by atoms with E-state index in [1.54, 1.807) is 11.2 Å². The van der Waals surface area contributed by atoms with Gasteiger partial charge in [-0.05, 0) is 38.8 Å². The number of hydrogen-bond acceptors (Lipinski definition) is 4. The molecule has 0 aliphatic carbocycles. The smallest absolute Gasteiger partial charge is 0.225 e. The van der Waals surface area contributed by atoms with Crippen molar-refractivity contribution < 1.29 is 14.0 Å². The van der Waals surface area contributed by atoms with E-state index in [0.717, 1.165) is 31.7 Å². The predicted octanol–water partition coefficient (Wildman–Crippen LogP) is 1.62. The van der Waals surface area contributed by atoms with E-state index in [0.29, 0.717) is 25.6 Å². The summed E-state index contributed by atoms with van der Waals surface area (Å²) in [7, 11) is 0. The Morgan fingerprint density at radius 1 is 1.38 bits per heavy atom. The number of hydrogen-bond donors (Lipinski definition) is 1. The van der Waals surface area contributed by atoms with Crippen LogP contribution in [0.15, 0.2) is 22.8 Å². The number of amides is 2. The van der Waals surface area contributed by atoms with Crippen molar-refractivity contribution in [2.24, 2.45) is 5.92 Å². The summed E-state index contributed by atoms with van der Waals surface area (Å²) in [5.74, 6) is 0.565. The normalized spacial score (nSPS) is 23.2. The summed E-state index contributed by atoms with van der Waals surface area (Å²) in [5.41, 5.74) is 0. The largest absolute Gasteiger partial charge is 0.467 e. The maximum atomic E-state index is 12.5. The number of likely N-dealkylation sites (tertiary alicyclic amines) is 2. The minimum Gasteiger partial charge on any atom is -0.467 e. The monoisotopic (exact) mass is 333 g/mol. The molecular weight excluding hydrogens is 306 g/mol. The molecule has 6 heteroatoms. The molecule has 0 bridgehead atoms. The van der Waals surface area contributed by atoms with Gasteiger partial charge in [0.25, 0.3) is 0 Å². The van der Waals surface area contributed by atoms with Gasteiger partial charge in [-0.25, -0.2) is 0 Å². The minimum absolute atomic E-state index is 0.0216. The molecule has 2 saturated heterocycles. The topological polar surface area (TPSA) is 65.8 Å². The summed E-state index contributed by atoms with van der Waals surface area (Å²) < 4.78 is 5.29. The van der Waals surface area contributed by atoms with Crippen LogP contribution in [0.1, 0.15) is 38.9 Å². The molecular formula is C18H27N3O3. The van der Waals surface area contributed by atoms with Gasteiger partial charge in [0.1, 0.15) is 5.76 Å². The van der Waals surface area contributed by atoms with E-state index in [4.69, 9.17) is 4.42 Å². The third-order valence-corrected chi connectivity index (χ3v) is 5.12. The Bertz CT molecular complexity index is 562. The molecule has 132 valence electrons. The highest BCUT2D eigenvalue weighted by Crippen LogP contribution is 2.21. The second-order valence-electron chi connectivity index (χ2n) is 7.17. The fourth-order valence-electron chi connectivity index (χ4n) is 3.57. The molecule has 1 aromatic rings. The number of piperidine rings is 1. The SMILES string of the molecule is CC(C)N1CCC(NC(=O)[C@H]2CC(=O)N(Cc3ccco3)C2)CC1. The van der Waals surface area contributed by atoms with Crippen LogP contribution in [0.3, 0.4) is 0 Å². The van der Waals surface area contributed by atoms with Gasteiger partial charge in [0.05, 0.1) is 18.7 Å². The van der Waals surface area contributed by atoms with Crippen LogP contribution in [0.5, 0.6) is 0 Å². The van der Waals surface area contributed by atoms with Crippen molar-refractivity contribution in [2.75, 3.05) is 19.6 Å². The number of nitrogens with one attached hydrogen (secondary N) is 1. The van der Waals surface area contributed by atoms with Crippen LogP contribution in [-0.4, -0.2) is 53.3 Å². The van der Waals surface area contributed by atoms with E-state index >= 15 is 0 Å². The lowest BCUT2D eigenvalue weighted by Crippen LogP contribution is -2.48. The molecule has 2 fully saturated rings. The molecule has 2 aliphatic rings. The van der Waals surface area contributed by atoms with E-state index in [-0.39, 0.29) is 23.8 Å². The highest BCUT2D eigenvalue weighted by molar-refractivity contribution is 5.89. The quantitative estimate of drug-likeness (QED) is 0.889. The molecule has 2 amide bonds. The van der Waals surface area contributed by atoms with Crippen molar-refractivity contribution in [1.82, 2.24) is 15.1 Å². The first kappa shape index (κ1) is 17.0. The third kappa shape index (κ3) is 3.98. The van der Waals surface area contributed by atoms with E-state index in [2.05, 4.69) is 24.1 Å². The first-order valence-electron chi connectivity index (χ1n) is 8.87. The van der Waals surface area contributed by atoms with E-state index < -0.39 is 0 Å². The molecule has 2 aliphatic heterocycles. The fraction of sp³-hybridized carbons (Fsp3) is 0.667. The molecule has 0 unspecified atom stereocenters. The standard InChI is InChI=1S/C18H27N3O3/c1-13(2)20-7-5-15(6-8-20)19-18(23)14-10-17(22)21(11-14)12-16-4-3-9-24-16/h3-4,9,13-15H,5-8,10-12H2,1-2H3,(H,19,23)/t14-/m0/s1. The summed E-state index contributed by atoms with van der Waals surface area (Å²) in [6.07, 6.45) is 3.88. The van der Waals surface area contributed by atoms with Crippen molar-refractivity contribution in [3.8, 4) is 0 Å². The van der Waals surface area contributed by atoms with E-state index in [1.807, 2.05) is 12.1 Å². The van der Waals surface area contributed by atoms with Crippen LogP contribution in [0, 0.1) is 5.92 Å². The lowest BCUT2D eigenvalue weighted by Gasteiger charge is -2.35. The first-order valence-corrected chi connectivity index (χ1v) is 8.87. The van der Waals surface area contributed by atoms with Crippen LogP contribution in [-0.2, 0) is 16.1 Å². The van der Waals surface area contributed by atoms with Crippen molar-refractivity contribution in [1.29, 1.82) is 0 Å². The molecule has 3 rings (SSSR count).